The lowest BCUT2D eigenvalue weighted by Crippen LogP contribution is -2.52. The van der Waals surface area contributed by atoms with Crippen LogP contribution in [-0.2, 0) is 14.3 Å². The molecule has 2 heterocycles. The second-order valence-electron chi connectivity index (χ2n) is 8.40. The number of carbonyl (C=O) groups excluding carboxylic acids is 1. The molecular formula is C20H36N4O3. The Morgan fingerprint density at radius 3 is 2.67 bits per heavy atom. The van der Waals surface area contributed by atoms with Gasteiger partial charge in [-0.05, 0) is 44.9 Å². The van der Waals surface area contributed by atoms with Crippen molar-refractivity contribution in [3.8, 4) is 0 Å². The summed E-state index contributed by atoms with van der Waals surface area (Å²) < 4.78 is 12.0. The van der Waals surface area contributed by atoms with Crippen molar-refractivity contribution in [3.05, 3.63) is 0 Å². The molecule has 3 aliphatic rings. The van der Waals surface area contributed by atoms with E-state index in [0.29, 0.717) is 6.04 Å². The smallest absolute Gasteiger partial charge is 0.243 e. The van der Waals surface area contributed by atoms with Crippen LogP contribution in [0.25, 0.3) is 0 Å². The van der Waals surface area contributed by atoms with Crippen LogP contribution in [0.15, 0.2) is 4.99 Å². The van der Waals surface area contributed by atoms with Crippen molar-refractivity contribution in [1.82, 2.24) is 15.5 Å². The van der Waals surface area contributed by atoms with Crippen LogP contribution in [0.2, 0.25) is 0 Å². The minimum absolute atomic E-state index is 0.00394. The maximum atomic E-state index is 12.0. The third kappa shape index (κ3) is 6.07. The van der Waals surface area contributed by atoms with Gasteiger partial charge in [0.15, 0.2) is 5.96 Å². The Morgan fingerprint density at radius 1 is 1.15 bits per heavy atom. The van der Waals surface area contributed by atoms with Gasteiger partial charge in [-0.3, -0.25) is 4.79 Å². The molecule has 7 heteroatoms. The van der Waals surface area contributed by atoms with Gasteiger partial charge < -0.3 is 25.0 Å². The van der Waals surface area contributed by atoms with Crippen molar-refractivity contribution in [2.45, 2.75) is 75.5 Å². The summed E-state index contributed by atoms with van der Waals surface area (Å²) in [6.45, 7) is 2.53. The summed E-state index contributed by atoms with van der Waals surface area (Å²) in [5.74, 6) is 0.726. The number of nitrogens with one attached hydrogen (secondary N) is 2. The topological polar surface area (TPSA) is 75.2 Å². The number of guanidine groups is 1. The molecule has 2 unspecified atom stereocenters. The Balaban J connectivity index is 1.57. The van der Waals surface area contributed by atoms with E-state index in [2.05, 4.69) is 15.6 Å². The van der Waals surface area contributed by atoms with Gasteiger partial charge in [0.05, 0.1) is 11.7 Å². The quantitative estimate of drug-likeness (QED) is 0.561. The van der Waals surface area contributed by atoms with Crippen LogP contribution in [0.4, 0.5) is 0 Å². The van der Waals surface area contributed by atoms with Gasteiger partial charge in [0, 0.05) is 39.9 Å². The van der Waals surface area contributed by atoms with Crippen LogP contribution in [0.1, 0.15) is 57.8 Å². The molecule has 2 saturated heterocycles. The predicted octanol–water partition coefficient (Wildman–Crippen LogP) is 1.67. The molecule has 1 spiro atoms. The van der Waals surface area contributed by atoms with Crippen molar-refractivity contribution in [2.24, 2.45) is 4.99 Å². The van der Waals surface area contributed by atoms with Crippen molar-refractivity contribution in [1.29, 1.82) is 0 Å². The van der Waals surface area contributed by atoms with E-state index in [1.54, 1.807) is 19.0 Å². The summed E-state index contributed by atoms with van der Waals surface area (Å²) in [6, 6.07) is 0.338. The van der Waals surface area contributed by atoms with Crippen molar-refractivity contribution in [2.75, 3.05) is 40.4 Å². The van der Waals surface area contributed by atoms with Gasteiger partial charge in [0.2, 0.25) is 5.91 Å². The molecule has 0 bridgehead atoms. The number of hydrogen-bond donors (Lipinski definition) is 2. The number of aliphatic imine (C=N–C) groups is 1. The van der Waals surface area contributed by atoms with Gasteiger partial charge in [0.25, 0.3) is 0 Å². The zero-order chi connectivity index (χ0) is 19.1. The second kappa shape index (κ2) is 9.73. The van der Waals surface area contributed by atoms with Gasteiger partial charge in [0.1, 0.15) is 6.54 Å². The third-order valence-corrected chi connectivity index (χ3v) is 5.99. The van der Waals surface area contributed by atoms with Gasteiger partial charge in [-0.25, -0.2) is 4.99 Å². The molecule has 2 aliphatic heterocycles. The number of amides is 1. The first kappa shape index (κ1) is 20.4. The maximum absolute atomic E-state index is 12.0. The molecule has 0 aromatic rings. The van der Waals surface area contributed by atoms with E-state index < -0.39 is 0 Å². The summed E-state index contributed by atoms with van der Waals surface area (Å²) >= 11 is 0. The minimum Gasteiger partial charge on any atom is -0.376 e. The summed E-state index contributed by atoms with van der Waals surface area (Å²) in [5, 5.41) is 6.99. The molecule has 0 aromatic heterocycles. The van der Waals surface area contributed by atoms with Crippen LogP contribution in [0.5, 0.6) is 0 Å². The molecule has 2 atom stereocenters. The van der Waals surface area contributed by atoms with Crippen molar-refractivity contribution < 1.29 is 14.3 Å². The molecule has 154 valence electrons. The first-order chi connectivity index (χ1) is 13.1. The van der Waals surface area contributed by atoms with E-state index >= 15 is 0 Å². The van der Waals surface area contributed by atoms with E-state index in [1.807, 2.05) is 0 Å². The Hall–Kier alpha value is -1.34. The molecule has 2 N–H and O–H groups in total. The van der Waals surface area contributed by atoms with Crippen molar-refractivity contribution in [3.63, 3.8) is 0 Å². The van der Waals surface area contributed by atoms with Crippen LogP contribution < -0.4 is 10.6 Å². The minimum atomic E-state index is 0.00394. The van der Waals surface area contributed by atoms with Gasteiger partial charge >= 0.3 is 0 Å². The maximum Gasteiger partial charge on any atom is 0.243 e. The number of rotatable bonds is 5. The predicted molar refractivity (Wildman–Crippen MR) is 106 cm³/mol. The van der Waals surface area contributed by atoms with Crippen LogP contribution >= 0.6 is 0 Å². The number of likely N-dealkylation sites (N-methyl/N-ethyl adjacent to an activating group) is 1. The number of nitrogens with zero attached hydrogens (tertiary/aromatic N) is 2. The van der Waals surface area contributed by atoms with E-state index in [9.17, 15) is 4.79 Å². The zero-order valence-electron chi connectivity index (χ0n) is 17.0. The Bertz CT molecular complexity index is 511. The number of hydrogen-bond acceptors (Lipinski definition) is 4. The zero-order valence-corrected chi connectivity index (χ0v) is 17.0. The summed E-state index contributed by atoms with van der Waals surface area (Å²) in [6.07, 6.45) is 10.5. The highest BCUT2D eigenvalue weighted by atomic mass is 16.5. The van der Waals surface area contributed by atoms with E-state index in [-0.39, 0.29) is 24.2 Å². The fraction of sp³-hybridized carbons (Fsp3) is 0.900. The molecule has 0 aromatic carbocycles. The molecule has 3 rings (SSSR count). The molecule has 7 nitrogen and oxygen atoms in total. The van der Waals surface area contributed by atoms with E-state index in [4.69, 9.17) is 9.47 Å². The average molecular weight is 381 g/mol. The van der Waals surface area contributed by atoms with Gasteiger partial charge in [-0.1, -0.05) is 12.8 Å². The fourth-order valence-corrected chi connectivity index (χ4v) is 4.33. The summed E-state index contributed by atoms with van der Waals surface area (Å²) in [5.41, 5.74) is 0.0625. The molecule has 27 heavy (non-hydrogen) atoms. The highest BCUT2D eigenvalue weighted by molar-refractivity contribution is 5.85. The Kier molecular flexibility index (Phi) is 7.35. The van der Waals surface area contributed by atoms with Gasteiger partial charge in [-0.2, -0.15) is 0 Å². The van der Waals surface area contributed by atoms with Crippen LogP contribution in [-0.4, -0.2) is 74.9 Å². The van der Waals surface area contributed by atoms with Crippen LogP contribution in [0.3, 0.4) is 0 Å². The highest BCUT2D eigenvalue weighted by Gasteiger charge is 2.40. The average Bonchev–Trinajstić information content (AvgIpc) is 3.11. The molecule has 1 amide bonds. The number of carbonyl (C=O) groups is 1. The molecular weight excluding hydrogens is 344 g/mol. The lowest BCUT2D eigenvalue weighted by Gasteiger charge is -2.39. The first-order valence-electron chi connectivity index (χ1n) is 10.6. The Labute approximate surface area is 163 Å². The van der Waals surface area contributed by atoms with E-state index in [0.717, 1.165) is 51.4 Å². The lowest BCUT2D eigenvalue weighted by atomic mass is 9.89. The molecule has 1 aliphatic carbocycles. The summed E-state index contributed by atoms with van der Waals surface area (Å²) in [4.78, 5) is 18.1. The molecule has 0 radical (unpaired) electrons. The largest absolute Gasteiger partial charge is 0.376 e. The normalized spacial score (nSPS) is 28.1. The van der Waals surface area contributed by atoms with E-state index in [1.165, 1.54) is 32.1 Å². The van der Waals surface area contributed by atoms with Crippen LogP contribution in [0, 0.1) is 0 Å². The summed E-state index contributed by atoms with van der Waals surface area (Å²) in [7, 11) is 3.52. The molecule has 1 saturated carbocycles. The number of ether oxygens (including phenoxy) is 2. The first-order valence-corrected chi connectivity index (χ1v) is 10.6. The molecule has 3 fully saturated rings. The SMILES string of the molecule is CN(C)C(=O)CN=C(NCC1CCCCO1)NC1CCOC2(CCCC2)C1. The second-order valence-corrected chi connectivity index (χ2v) is 8.40. The lowest BCUT2D eigenvalue weighted by molar-refractivity contribution is -0.127. The monoisotopic (exact) mass is 380 g/mol. The highest BCUT2D eigenvalue weighted by Crippen LogP contribution is 2.39. The van der Waals surface area contributed by atoms with Crippen molar-refractivity contribution >= 4 is 11.9 Å². The van der Waals surface area contributed by atoms with Gasteiger partial charge in [-0.15, -0.1) is 0 Å². The standard InChI is InChI=1S/C20H36N4O3/c1-24(2)18(25)15-22-19(21-14-17-7-3-6-11-26-17)23-16-8-12-27-20(13-16)9-4-5-10-20/h16-17H,3-15H2,1-2H3,(H2,21,22,23). The Morgan fingerprint density at radius 2 is 1.96 bits per heavy atom. The third-order valence-electron chi connectivity index (χ3n) is 5.99. The fourth-order valence-electron chi connectivity index (χ4n) is 4.33.